The Kier molecular flexibility index (Phi) is 7.48. The van der Waals surface area contributed by atoms with Crippen molar-refractivity contribution in [3.63, 3.8) is 0 Å². The molecule has 0 fully saturated rings. The quantitative estimate of drug-likeness (QED) is 0.326. The first-order valence-electron chi connectivity index (χ1n) is 6.24. The molecule has 8 heteroatoms. The van der Waals surface area contributed by atoms with Gasteiger partial charge in [0.25, 0.3) is 0 Å². The average molecular weight is 303 g/mol. The van der Waals surface area contributed by atoms with Gasteiger partial charge in [0.2, 0.25) is 10.0 Å². The fourth-order valence-corrected chi connectivity index (χ4v) is 2.77. The molecule has 114 valence electrons. The largest absolute Gasteiger partial charge is 0.382 e. The molecule has 1 rings (SSSR count). The van der Waals surface area contributed by atoms with Crippen molar-refractivity contribution < 1.29 is 17.9 Å². The number of nitrogens with two attached hydrogens (primary N) is 1. The first kappa shape index (κ1) is 16.9. The highest BCUT2D eigenvalue weighted by Crippen LogP contribution is 2.19. The molecule has 0 saturated heterocycles. The Morgan fingerprint density at radius 1 is 1.20 bits per heavy atom. The monoisotopic (exact) mass is 303 g/mol. The van der Waals surface area contributed by atoms with Crippen LogP contribution in [0.2, 0.25) is 0 Å². The molecule has 0 aliphatic heterocycles. The lowest BCUT2D eigenvalue weighted by atomic mass is 10.3. The standard InChI is InChI=1S/C12H21N3O4S/c1-18-9-10-19-8-4-7-14-20(16,17)12-6-3-2-5-11(12)15-13/h2-3,5-6,14-15H,4,7-10,13H2,1H3. The van der Waals surface area contributed by atoms with Crippen LogP contribution in [0.4, 0.5) is 5.69 Å². The normalized spacial score (nSPS) is 11.5. The van der Waals surface area contributed by atoms with Gasteiger partial charge < -0.3 is 14.9 Å². The minimum Gasteiger partial charge on any atom is -0.382 e. The van der Waals surface area contributed by atoms with Gasteiger partial charge in [0.05, 0.1) is 18.9 Å². The van der Waals surface area contributed by atoms with E-state index < -0.39 is 10.0 Å². The number of rotatable bonds is 10. The fourth-order valence-electron chi connectivity index (χ4n) is 1.52. The van der Waals surface area contributed by atoms with Crippen LogP contribution in [0.25, 0.3) is 0 Å². The number of ether oxygens (including phenoxy) is 2. The van der Waals surface area contributed by atoms with Crippen LogP contribution >= 0.6 is 0 Å². The molecule has 0 bridgehead atoms. The predicted octanol–water partition coefficient (Wildman–Crippen LogP) is 0.304. The lowest BCUT2D eigenvalue weighted by molar-refractivity contribution is 0.0699. The molecule has 0 amide bonds. The zero-order valence-electron chi connectivity index (χ0n) is 11.5. The number of benzene rings is 1. The number of hydrazine groups is 1. The number of nitrogen functional groups attached to an aromatic ring is 1. The highest BCUT2D eigenvalue weighted by molar-refractivity contribution is 7.89. The molecule has 1 aromatic rings. The van der Waals surface area contributed by atoms with Crippen LogP contribution in [0.1, 0.15) is 6.42 Å². The lowest BCUT2D eigenvalue weighted by Crippen LogP contribution is -2.27. The van der Waals surface area contributed by atoms with Crippen LogP contribution in [-0.4, -0.2) is 41.9 Å². The third-order valence-electron chi connectivity index (χ3n) is 2.52. The van der Waals surface area contributed by atoms with Crippen molar-refractivity contribution in [2.24, 2.45) is 5.84 Å². The fraction of sp³-hybridized carbons (Fsp3) is 0.500. The minimum absolute atomic E-state index is 0.128. The van der Waals surface area contributed by atoms with Crippen LogP contribution in [0.5, 0.6) is 0 Å². The Balaban J connectivity index is 2.42. The van der Waals surface area contributed by atoms with Gasteiger partial charge in [-0.1, -0.05) is 12.1 Å². The van der Waals surface area contributed by atoms with Crippen molar-refractivity contribution in [2.45, 2.75) is 11.3 Å². The Labute approximate surface area is 119 Å². The summed E-state index contributed by atoms with van der Waals surface area (Å²) in [7, 11) is -1.98. The van der Waals surface area contributed by atoms with Crippen LogP contribution < -0.4 is 16.0 Å². The van der Waals surface area contributed by atoms with Gasteiger partial charge in [-0.05, 0) is 18.6 Å². The van der Waals surface area contributed by atoms with Gasteiger partial charge in [0, 0.05) is 20.3 Å². The second-order valence-corrected chi connectivity index (χ2v) is 5.73. The van der Waals surface area contributed by atoms with Gasteiger partial charge in [0.15, 0.2) is 0 Å². The maximum absolute atomic E-state index is 12.1. The maximum Gasteiger partial charge on any atom is 0.242 e. The SMILES string of the molecule is COCCOCCCNS(=O)(=O)c1ccccc1NN. The van der Waals surface area contributed by atoms with Crippen LogP contribution in [0.15, 0.2) is 29.2 Å². The van der Waals surface area contributed by atoms with Gasteiger partial charge in [0.1, 0.15) is 4.90 Å². The molecule has 7 nitrogen and oxygen atoms in total. The van der Waals surface area contributed by atoms with Crippen molar-refractivity contribution in [1.82, 2.24) is 4.72 Å². The lowest BCUT2D eigenvalue weighted by Gasteiger charge is -2.10. The van der Waals surface area contributed by atoms with Gasteiger partial charge in [-0.25, -0.2) is 13.1 Å². The molecule has 1 aromatic carbocycles. The second kappa shape index (κ2) is 8.88. The third kappa shape index (κ3) is 5.43. The predicted molar refractivity (Wildman–Crippen MR) is 76.8 cm³/mol. The van der Waals surface area contributed by atoms with E-state index in [-0.39, 0.29) is 4.90 Å². The van der Waals surface area contributed by atoms with E-state index in [0.29, 0.717) is 38.5 Å². The topological polar surface area (TPSA) is 103 Å². The first-order valence-corrected chi connectivity index (χ1v) is 7.72. The van der Waals surface area contributed by atoms with Gasteiger partial charge in [-0.2, -0.15) is 0 Å². The number of hydrogen-bond acceptors (Lipinski definition) is 6. The summed E-state index contributed by atoms with van der Waals surface area (Å²) in [4.78, 5) is 0.128. The van der Waals surface area contributed by atoms with Gasteiger partial charge in [-0.3, -0.25) is 5.84 Å². The third-order valence-corrected chi connectivity index (χ3v) is 4.04. The van der Waals surface area contributed by atoms with E-state index in [1.807, 2.05) is 0 Å². The molecule has 0 spiro atoms. The molecule has 0 heterocycles. The molecule has 0 aliphatic rings. The van der Waals surface area contributed by atoms with Crippen LogP contribution in [0.3, 0.4) is 0 Å². The number of anilines is 1. The van der Waals surface area contributed by atoms with E-state index in [9.17, 15) is 8.42 Å². The summed E-state index contributed by atoms with van der Waals surface area (Å²) in [6.07, 6.45) is 0.584. The summed E-state index contributed by atoms with van der Waals surface area (Å²) in [5, 5.41) is 0. The Morgan fingerprint density at radius 3 is 2.65 bits per heavy atom. The first-order chi connectivity index (χ1) is 9.61. The van der Waals surface area contributed by atoms with Crippen molar-refractivity contribution in [2.75, 3.05) is 38.9 Å². The van der Waals surface area contributed by atoms with E-state index in [1.165, 1.54) is 6.07 Å². The molecule has 4 N–H and O–H groups in total. The molecule has 0 aliphatic carbocycles. The van der Waals surface area contributed by atoms with E-state index in [1.54, 1.807) is 25.3 Å². The van der Waals surface area contributed by atoms with Crippen molar-refractivity contribution >= 4 is 15.7 Å². The number of hydrogen-bond donors (Lipinski definition) is 3. The molecular formula is C12H21N3O4S. The van der Waals surface area contributed by atoms with E-state index in [0.717, 1.165) is 0 Å². The minimum atomic E-state index is -3.57. The number of para-hydroxylation sites is 1. The highest BCUT2D eigenvalue weighted by Gasteiger charge is 2.16. The number of nitrogens with one attached hydrogen (secondary N) is 2. The van der Waals surface area contributed by atoms with Crippen LogP contribution in [0, 0.1) is 0 Å². The summed E-state index contributed by atoms with van der Waals surface area (Å²) < 4.78 is 36.7. The summed E-state index contributed by atoms with van der Waals surface area (Å²) in [5.74, 6) is 5.30. The molecule has 0 atom stereocenters. The van der Waals surface area contributed by atoms with Crippen LogP contribution in [-0.2, 0) is 19.5 Å². The van der Waals surface area contributed by atoms with Crippen molar-refractivity contribution in [3.05, 3.63) is 24.3 Å². The van der Waals surface area contributed by atoms with Gasteiger partial charge in [-0.15, -0.1) is 0 Å². The summed E-state index contributed by atoms with van der Waals surface area (Å²) in [6, 6.07) is 6.44. The summed E-state index contributed by atoms with van der Waals surface area (Å²) >= 11 is 0. The second-order valence-electron chi connectivity index (χ2n) is 4.00. The smallest absolute Gasteiger partial charge is 0.242 e. The summed E-state index contributed by atoms with van der Waals surface area (Å²) in [5.41, 5.74) is 2.73. The molecular weight excluding hydrogens is 282 g/mol. The zero-order valence-corrected chi connectivity index (χ0v) is 12.3. The van der Waals surface area contributed by atoms with E-state index >= 15 is 0 Å². The summed E-state index contributed by atoms with van der Waals surface area (Å²) in [6.45, 7) is 1.81. The zero-order chi connectivity index (χ0) is 14.8. The molecule has 0 saturated carbocycles. The molecule has 0 unspecified atom stereocenters. The Morgan fingerprint density at radius 2 is 1.95 bits per heavy atom. The molecule has 0 radical (unpaired) electrons. The average Bonchev–Trinajstić information content (AvgIpc) is 2.46. The Hall–Kier alpha value is -1.19. The molecule has 20 heavy (non-hydrogen) atoms. The van der Waals surface area contributed by atoms with Crippen molar-refractivity contribution in [3.8, 4) is 0 Å². The Bertz CT molecular complexity index is 493. The molecule has 0 aromatic heterocycles. The number of sulfonamides is 1. The number of methoxy groups -OCH3 is 1. The highest BCUT2D eigenvalue weighted by atomic mass is 32.2. The van der Waals surface area contributed by atoms with Gasteiger partial charge >= 0.3 is 0 Å². The van der Waals surface area contributed by atoms with E-state index in [2.05, 4.69) is 10.1 Å². The maximum atomic E-state index is 12.1. The van der Waals surface area contributed by atoms with E-state index in [4.69, 9.17) is 15.3 Å². The van der Waals surface area contributed by atoms with Crippen molar-refractivity contribution in [1.29, 1.82) is 0 Å².